The zero-order valence-electron chi connectivity index (χ0n) is 9.05. The van der Waals surface area contributed by atoms with Gasteiger partial charge in [0.25, 0.3) is 0 Å². The molecule has 1 aromatic carbocycles. The molecule has 0 saturated heterocycles. The zero-order chi connectivity index (χ0) is 10.6. The highest BCUT2D eigenvalue weighted by Gasteiger charge is 2.16. The maximum atomic E-state index is 3.60. The fourth-order valence-electron chi connectivity index (χ4n) is 1.65. The molecule has 1 N–H and O–H groups in total. The first-order valence-corrected chi connectivity index (χ1v) is 5.94. The van der Waals surface area contributed by atoms with Gasteiger partial charge in [-0.05, 0) is 24.1 Å². The molecule has 1 unspecified atom stereocenters. The van der Waals surface area contributed by atoms with Gasteiger partial charge in [0.2, 0.25) is 0 Å². The van der Waals surface area contributed by atoms with E-state index in [2.05, 4.69) is 66.3 Å². The van der Waals surface area contributed by atoms with Gasteiger partial charge in [0.05, 0.1) is 0 Å². The summed E-state index contributed by atoms with van der Waals surface area (Å²) in [6.07, 6.45) is 0. The standard InChI is InChI=1S/C12H18BrN/c1-4-14-12(9(2)3)10-7-5-6-8-11(10)13/h5-9,12,14H,4H2,1-3H3. The smallest absolute Gasteiger partial charge is 0.0354 e. The van der Waals surface area contributed by atoms with E-state index in [1.165, 1.54) is 10.0 Å². The summed E-state index contributed by atoms with van der Waals surface area (Å²) in [6.45, 7) is 7.63. The van der Waals surface area contributed by atoms with Crippen LogP contribution < -0.4 is 5.32 Å². The molecule has 0 radical (unpaired) electrons. The van der Waals surface area contributed by atoms with E-state index in [1.54, 1.807) is 0 Å². The Morgan fingerprint density at radius 2 is 1.93 bits per heavy atom. The molecule has 0 aromatic heterocycles. The molecule has 0 aliphatic heterocycles. The molecule has 1 rings (SSSR count). The first-order valence-electron chi connectivity index (χ1n) is 5.14. The highest BCUT2D eigenvalue weighted by Crippen LogP contribution is 2.27. The Morgan fingerprint density at radius 3 is 2.43 bits per heavy atom. The fourth-order valence-corrected chi connectivity index (χ4v) is 2.18. The SMILES string of the molecule is CCNC(c1ccccc1Br)C(C)C. The van der Waals surface area contributed by atoms with Crippen molar-refractivity contribution in [1.29, 1.82) is 0 Å². The van der Waals surface area contributed by atoms with E-state index in [1.807, 2.05) is 0 Å². The van der Waals surface area contributed by atoms with Crippen LogP contribution in [0.4, 0.5) is 0 Å². The molecular weight excluding hydrogens is 238 g/mol. The van der Waals surface area contributed by atoms with Crippen LogP contribution in [0.3, 0.4) is 0 Å². The fraction of sp³-hybridized carbons (Fsp3) is 0.500. The van der Waals surface area contributed by atoms with Crippen LogP contribution in [-0.2, 0) is 0 Å². The van der Waals surface area contributed by atoms with E-state index in [0.717, 1.165) is 6.54 Å². The lowest BCUT2D eigenvalue weighted by Crippen LogP contribution is -2.25. The summed E-state index contributed by atoms with van der Waals surface area (Å²) in [5.41, 5.74) is 1.35. The minimum atomic E-state index is 0.440. The maximum Gasteiger partial charge on any atom is 0.0354 e. The van der Waals surface area contributed by atoms with Crippen LogP contribution in [0.1, 0.15) is 32.4 Å². The van der Waals surface area contributed by atoms with Crippen molar-refractivity contribution in [2.24, 2.45) is 5.92 Å². The van der Waals surface area contributed by atoms with Crippen molar-refractivity contribution in [3.8, 4) is 0 Å². The second-order valence-corrected chi connectivity index (χ2v) is 4.66. The molecule has 0 fully saturated rings. The Kier molecular flexibility index (Phi) is 4.63. The van der Waals surface area contributed by atoms with Crippen molar-refractivity contribution in [1.82, 2.24) is 5.32 Å². The van der Waals surface area contributed by atoms with Crippen LogP contribution in [0.5, 0.6) is 0 Å². The van der Waals surface area contributed by atoms with Crippen molar-refractivity contribution in [2.75, 3.05) is 6.54 Å². The molecular formula is C12H18BrN. The average molecular weight is 256 g/mol. The van der Waals surface area contributed by atoms with Gasteiger partial charge < -0.3 is 5.32 Å². The van der Waals surface area contributed by atoms with Gasteiger partial charge in [-0.15, -0.1) is 0 Å². The molecule has 0 spiro atoms. The summed E-state index contributed by atoms with van der Waals surface area (Å²) >= 11 is 3.60. The summed E-state index contributed by atoms with van der Waals surface area (Å²) < 4.78 is 1.19. The first kappa shape index (κ1) is 11.7. The van der Waals surface area contributed by atoms with E-state index < -0.39 is 0 Å². The highest BCUT2D eigenvalue weighted by molar-refractivity contribution is 9.10. The van der Waals surface area contributed by atoms with Gasteiger partial charge in [0, 0.05) is 10.5 Å². The second kappa shape index (κ2) is 5.52. The largest absolute Gasteiger partial charge is 0.310 e. The van der Waals surface area contributed by atoms with Crippen LogP contribution >= 0.6 is 15.9 Å². The molecule has 2 heteroatoms. The van der Waals surface area contributed by atoms with Crippen LogP contribution in [0.15, 0.2) is 28.7 Å². The van der Waals surface area contributed by atoms with Gasteiger partial charge in [-0.3, -0.25) is 0 Å². The molecule has 14 heavy (non-hydrogen) atoms. The summed E-state index contributed by atoms with van der Waals surface area (Å²) in [6, 6.07) is 8.86. The lowest BCUT2D eigenvalue weighted by Gasteiger charge is -2.23. The van der Waals surface area contributed by atoms with Gasteiger partial charge in [-0.1, -0.05) is 54.9 Å². The van der Waals surface area contributed by atoms with E-state index in [-0.39, 0.29) is 0 Å². The van der Waals surface area contributed by atoms with E-state index in [9.17, 15) is 0 Å². The Hall–Kier alpha value is -0.340. The van der Waals surface area contributed by atoms with Gasteiger partial charge in [-0.2, -0.15) is 0 Å². The molecule has 78 valence electrons. The predicted molar refractivity (Wildman–Crippen MR) is 65.4 cm³/mol. The van der Waals surface area contributed by atoms with Gasteiger partial charge in [0.1, 0.15) is 0 Å². The molecule has 0 aliphatic rings. The molecule has 1 nitrogen and oxygen atoms in total. The minimum Gasteiger partial charge on any atom is -0.310 e. The van der Waals surface area contributed by atoms with Gasteiger partial charge in [0.15, 0.2) is 0 Å². The van der Waals surface area contributed by atoms with Crippen LogP contribution in [0.25, 0.3) is 0 Å². The predicted octanol–water partition coefficient (Wildman–Crippen LogP) is 3.76. The summed E-state index contributed by atoms with van der Waals surface area (Å²) in [5.74, 6) is 0.605. The Labute approximate surface area is 95.0 Å². The molecule has 0 aliphatic carbocycles. The van der Waals surface area contributed by atoms with Gasteiger partial charge in [-0.25, -0.2) is 0 Å². The zero-order valence-corrected chi connectivity index (χ0v) is 10.6. The molecule has 0 bridgehead atoms. The van der Waals surface area contributed by atoms with Crippen molar-refractivity contribution >= 4 is 15.9 Å². The second-order valence-electron chi connectivity index (χ2n) is 3.80. The van der Waals surface area contributed by atoms with E-state index >= 15 is 0 Å². The Balaban J connectivity index is 2.93. The number of rotatable bonds is 4. The molecule has 1 aromatic rings. The molecule has 0 heterocycles. The lowest BCUT2D eigenvalue weighted by atomic mass is 9.96. The number of hydrogen-bond acceptors (Lipinski definition) is 1. The minimum absolute atomic E-state index is 0.440. The number of benzene rings is 1. The first-order chi connectivity index (χ1) is 6.66. The van der Waals surface area contributed by atoms with Crippen molar-refractivity contribution < 1.29 is 0 Å². The topological polar surface area (TPSA) is 12.0 Å². The van der Waals surface area contributed by atoms with Crippen molar-refractivity contribution in [3.05, 3.63) is 34.3 Å². The third kappa shape index (κ3) is 2.82. The number of hydrogen-bond donors (Lipinski definition) is 1. The number of nitrogens with one attached hydrogen (secondary N) is 1. The van der Waals surface area contributed by atoms with Crippen molar-refractivity contribution in [3.63, 3.8) is 0 Å². The van der Waals surface area contributed by atoms with Gasteiger partial charge >= 0.3 is 0 Å². The molecule has 1 atom stereocenters. The highest BCUT2D eigenvalue weighted by atomic mass is 79.9. The normalized spacial score (nSPS) is 13.2. The van der Waals surface area contributed by atoms with Crippen LogP contribution in [0.2, 0.25) is 0 Å². The number of halogens is 1. The van der Waals surface area contributed by atoms with E-state index in [0.29, 0.717) is 12.0 Å². The molecule has 0 amide bonds. The van der Waals surface area contributed by atoms with Crippen molar-refractivity contribution in [2.45, 2.75) is 26.8 Å². The summed E-state index contributed by atoms with van der Waals surface area (Å²) in [4.78, 5) is 0. The Morgan fingerprint density at radius 1 is 1.29 bits per heavy atom. The van der Waals surface area contributed by atoms with Crippen LogP contribution in [0, 0.1) is 5.92 Å². The third-order valence-electron chi connectivity index (χ3n) is 2.33. The summed E-state index contributed by atoms with van der Waals surface area (Å²) in [7, 11) is 0. The third-order valence-corrected chi connectivity index (χ3v) is 3.05. The Bertz CT molecular complexity index is 283. The summed E-state index contributed by atoms with van der Waals surface area (Å²) in [5, 5.41) is 3.51. The average Bonchev–Trinajstić information content (AvgIpc) is 2.15. The monoisotopic (exact) mass is 255 g/mol. The van der Waals surface area contributed by atoms with E-state index in [4.69, 9.17) is 0 Å². The molecule has 0 saturated carbocycles. The van der Waals surface area contributed by atoms with Crippen LogP contribution in [-0.4, -0.2) is 6.54 Å². The maximum absolute atomic E-state index is 3.60. The quantitative estimate of drug-likeness (QED) is 0.864. The lowest BCUT2D eigenvalue weighted by molar-refractivity contribution is 0.420.